The Labute approximate surface area is 201 Å². The van der Waals surface area contributed by atoms with Crippen molar-refractivity contribution in [1.29, 1.82) is 0 Å². The van der Waals surface area contributed by atoms with Crippen molar-refractivity contribution in [3.63, 3.8) is 0 Å². The van der Waals surface area contributed by atoms with Gasteiger partial charge in [0, 0.05) is 33.3 Å². The van der Waals surface area contributed by atoms with Gasteiger partial charge in [-0.2, -0.15) is 0 Å². The number of benzene rings is 4. The molecule has 0 fully saturated rings. The summed E-state index contributed by atoms with van der Waals surface area (Å²) in [4.78, 5) is 27.1. The normalized spacial score (nSPS) is 12.1. The Morgan fingerprint density at radius 2 is 0.882 bits per heavy atom. The van der Waals surface area contributed by atoms with Crippen LogP contribution in [0.3, 0.4) is 0 Å². The molecule has 4 rings (SSSR count). The summed E-state index contributed by atoms with van der Waals surface area (Å²) in [6.07, 6.45) is 0. The van der Waals surface area contributed by atoms with Crippen molar-refractivity contribution in [3.8, 4) is 11.1 Å². The predicted octanol–water partition coefficient (Wildman–Crippen LogP) is 6.72. The number of fused-ring (bicyclic) bond motifs is 2. The van der Waals surface area contributed by atoms with E-state index < -0.39 is 11.1 Å². The van der Waals surface area contributed by atoms with Gasteiger partial charge in [0.2, 0.25) is 0 Å². The van der Waals surface area contributed by atoms with Crippen LogP contribution >= 0.6 is 0 Å². The van der Waals surface area contributed by atoms with Gasteiger partial charge >= 0.3 is 0 Å². The molecule has 4 nitrogen and oxygen atoms in total. The summed E-state index contributed by atoms with van der Waals surface area (Å²) >= 11 is 0. The summed E-state index contributed by atoms with van der Waals surface area (Å²) in [6, 6.07) is 23.7. The molecule has 0 atom stereocenters. The van der Waals surface area contributed by atoms with Crippen LogP contribution in [0.25, 0.3) is 32.7 Å². The molecule has 0 aliphatic rings. The van der Waals surface area contributed by atoms with Gasteiger partial charge in [0.1, 0.15) is 0 Å². The summed E-state index contributed by atoms with van der Waals surface area (Å²) in [5.74, 6) is -0.327. The Morgan fingerprint density at radius 3 is 1.24 bits per heavy atom. The van der Waals surface area contributed by atoms with E-state index in [0.29, 0.717) is 11.1 Å². The van der Waals surface area contributed by atoms with Crippen LogP contribution in [0, 0.1) is 0 Å². The maximum absolute atomic E-state index is 13.5. The molecule has 0 radical (unpaired) electrons. The molecule has 34 heavy (non-hydrogen) atoms. The van der Waals surface area contributed by atoms with Crippen LogP contribution in [-0.2, 0) is 0 Å². The monoisotopic (exact) mass is 452 g/mol. The number of nitrogens with one attached hydrogen (secondary N) is 2. The van der Waals surface area contributed by atoms with E-state index in [1.54, 1.807) is 0 Å². The van der Waals surface area contributed by atoms with Gasteiger partial charge in [-0.05, 0) is 75.2 Å². The minimum absolute atomic E-state index is 0.164. The van der Waals surface area contributed by atoms with Crippen LogP contribution in [0.15, 0.2) is 72.8 Å². The molecule has 0 spiro atoms. The standard InChI is InChI=1S/C30H32N2O2/c1-29(2,3)31-27(33)23-17-15-19-11-7-9-13-21(19)25(23)26-22-14-10-8-12-20(22)16-18-24(26)28(34)32-30(4,5)6/h7-18H,1-6H3,(H,31,33)(H,32,34). The Balaban J connectivity index is 2.11. The van der Waals surface area contributed by atoms with Crippen LogP contribution in [0.2, 0.25) is 0 Å². The minimum Gasteiger partial charge on any atom is -0.347 e. The van der Waals surface area contributed by atoms with Crippen LogP contribution in [0.4, 0.5) is 0 Å². The van der Waals surface area contributed by atoms with Crippen molar-refractivity contribution in [1.82, 2.24) is 10.6 Å². The summed E-state index contributed by atoms with van der Waals surface area (Å²) < 4.78 is 0. The Hall–Kier alpha value is -3.66. The zero-order valence-corrected chi connectivity index (χ0v) is 20.7. The van der Waals surface area contributed by atoms with E-state index in [9.17, 15) is 9.59 Å². The van der Waals surface area contributed by atoms with Crippen molar-refractivity contribution in [3.05, 3.63) is 83.9 Å². The third-order valence-electron chi connectivity index (χ3n) is 5.57. The van der Waals surface area contributed by atoms with Gasteiger partial charge in [-0.1, -0.05) is 60.7 Å². The second-order valence-electron chi connectivity index (χ2n) is 10.8. The predicted molar refractivity (Wildman–Crippen MR) is 141 cm³/mol. The van der Waals surface area contributed by atoms with Gasteiger partial charge in [0.15, 0.2) is 0 Å². The quantitative estimate of drug-likeness (QED) is 0.363. The van der Waals surface area contributed by atoms with Crippen molar-refractivity contribution in [2.24, 2.45) is 0 Å². The van der Waals surface area contributed by atoms with Crippen LogP contribution in [-0.4, -0.2) is 22.9 Å². The molecular formula is C30H32N2O2. The second kappa shape index (κ2) is 8.60. The number of carbonyl (C=O) groups excluding carboxylic acids is 2. The summed E-state index contributed by atoms with van der Waals surface area (Å²) in [5.41, 5.74) is 1.85. The smallest absolute Gasteiger partial charge is 0.252 e. The lowest BCUT2D eigenvalue weighted by Gasteiger charge is -2.25. The van der Waals surface area contributed by atoms with Crippen molar-refractivity contribution < 1.29 is 9.59 Å². The topological polar surface area (TPSA) is 58.2 Å². The third kappa shape index (κ3) is 4.81. The highest BCUT2D eigenvalue weighted by molar-refractivity contribution is 6.19. The van der Waals surface area contributed by atoms with Crippen LogP contribution in [0.5, 0.6) is 0 Å². The molecular weight excluding hydrogens is 420 g/mol. The van der Waals surface area contributed by atoms with Gasteiger partial charge < -0.3 is 10.6 Å². The third-order valence-corrected chi connectivity index (χ3v) is 5.57. The number of hydrogen-bond acceptors (Lipinski definition) is 2. The molecule has 0 saturated heterocycles. The van der Waals surface area contributed by atoms with Gasteiger partial charge in [-0.15, -0.1) is 0 Å². The Bertz CT molecular complexity index is 1300. The van der Waals surface area contributed by atoms with E-state index >= 15 is 0 Å². The lowest BCUT2D eigenvalue weighted by atomic mass is 9.86. The summed E-state index contributed by atoms with van der Waals surface area (Å²) in [5, 5.41) is 10.1. The number of rotatable bonds is 3. The van der Waals surface area contributed by atoms with Crippen LogP contribution in [0.1, 0.15) is 62.3 Å². The fourth-order valence-electron chi connectivity index (χ4n) is 4.28. The van der Waals surface area contributed by atoms with E-state index in [-0.39, 0.29) is 11.8 Å². The SMILES string of the molecule is CC(C)(C)NC(=O)c1ccc2ccccc2c1-c1c(C(=O)NC(C)(C)C)ccc2ccccc12. The number of hydrogen-bond donors (Lipinski definition) is 2. The average Bonchev–Trinajstić information content (AvgIpc) is 2.75. The molecule has 2 amide bonds. The van der Waals surface area contributed by atoms with Gasteiger partial charge in [-0.3, -0.25) is 9.59 Å². The lowest BCUT2D eigenvalue weighted by Crippen LogP contribution is -2.41. The molecule has 174 valence electrons. The fraction of sp³-hybridized carbons (Fsp3) is 0.267. The molecule has 0 bridgehead atoms. The van der Waals surface area contributed by atoms with E-state index in [0.717, 1.165) is 32.7 Å². The van der Waals surface area contributed by atoms with Crippen molar-refractivity contribution in [2.45, 2.75) is 52.6 Å². The molecule has 2 N–H and O–H groups in total. The summed E-state index contributed by atoms with van der Waals surface area (Å²) in [7, 11) is 0. The first-order valence-electron chi connectivity index (χ1n) is 11.6. The molecule has 0 aliphatic heterocycles. The second-order valence-corrected chi connectivity index (χ2v) is 10.8. The Kier molecular flexibility index (Phi) is 5.94. The van der Waals surface area contributed by atoms with E-state index in [2.05, 4.69) is 10.6 Å². The highest BCUT2D eigenvalue weighted by atomic mass is 16.2. The van der Waals surface area contributed by atoms with Gasteiger partial charge in [-0.25, -0.2) is 0 Å². The number of amides is 2. The molecule has 4 aromatic carbocycles. The molecule has 4 aromatic rings. The van der Waals surface area contributed by atoms with Crippen molar-refractivity contribution in [2.75, 3.05) is 0 Å². The maximum Gasteiger partial charge on any atom is 0.252 e. The zero-order valence-electron chi connectivity index (χ0n) is 20.7. The first-order valence-corrected chi connectivity index (χ1v) is 11.6. The van der Waals surface area contributed by atoms with Crippen LogP contribution < -0.4 is 10.6 Å². The Morgan fingerprint density at radius 1 is 0.529 bits per heavy atom. The fourth-order valence-corrected chi connectivity index (χ4v) is 4.28. The highest BCUT2D eigenvalue weighted by Gasteiger charge is 2.26. The lowest BCUT2D eigenvalue weighted by molar-refractivity contribution is 0.0909. The molecule has 0 saturated carbocycles. The molecule has 0 unspecified atom stereocenters. The highest BCUT2D eigenvalue weighted by Crippen LogP contribution is 2.39. The molecule has 0 aliphatic carbocycles. The van der Waals surface area contributed by atoms with Gasteiger partial charge in [0.05, 0.1) is 0 Å². The maximum atomic E-state index is 13.5. The first kappa shape index (κ1) is 23.5. The minimum atomic E-state index is -0.398. The number of carbonyl (C=O) groups is 2. The molecule has 0 heterocycles. The molecule has 4 heteroatoms. The van der Waals surface area contributed by atoms with E-state index in [1.807, 2.05) is 114 Å². The molecule has 0 aromatic heterocycles. The zero-order chi connectivity index (χ0) is 24.7. The van der Waals surface area contributed by atoms with Crippen molar-refractivity contribution >= 4 is 33.4 Å². The first-order chi connectivity index (χ1) is 15.9. The van der Waals surface area contributed by atoms with E-state index in [1.165, 1.54) is 0 Å². The van der Waals surface area contributed by atoms with E-state index in [4.69, 9.17) is 0 Å². The largest absolute Gasteiger partial charge is 0.347 e. The average molecular weight is 453 g/mol. The van der Waals surface area contributed by atoms with Gasteiger partial charge in [0.25, 0.3) is 11.8 Å². The summed E-state index contributed by atoms with van der Waals surface area (Å²) in [6.45, 7) is 11.8.